The maximum Gasteiger partial charge on any atom is 0.160 e. The Morgan fingerprint density at radius 1 is 1.14 bits per heavy atom. The maximum absolute atomic E-state index is 5.97. The number of aryl methyl sites for hydroxylation is 1. The van der Waals surface area contributed by atoms with Crippen molar-refractivity contribution >= 4 is 0 Å². The molecule has 0 bridgehead atoms. The van der Waals surface area contributed by atoms with Crippen molar-refractivity contribution in [1.29, 1.82) is 0 Å². The molecule has 0 radical (unpaired) electrons. The zero-order valence-corrected chi connectivity index (χ0v) is 16.1. The summed E-state index contributed by atoms with van der Waals surface area (Å²) in [6.07, 6.45) is 6.60. The van der Waals surface area contributed by atoms with Crippen LogP contribution in [0.4, 0.5) is 0 Å². The quantitative estimate of drug-likeness (QED) is 0.704. The van der Waals surface area contributed by atoms with Crippen LogP contribution in [-0.4, -0.2) is 39.5 Å². The lowest BCUT2D eigenvalue weighted by molar-refractivity contribution is 0.0503. The molecule has 28 heavy (non-hydrogen) atoms. The van der Waals surface area contributed by atoms with Gasteiger partial charge >= 0.3 is 0 Å². The molecule has 5 rings (SSSR count). The highest BCUT2D eigenvalue weighted by molar-refractivity contribution is 5.54. The third-order valence-corrected chi connectivity index (χ3v) is 5.88. The van der Waals surface area contributed by atoms with E-state index in [0.29, 0.717) is 6.61 Å². The molecule has 0 unspecified atom stereocenters. The summed E-state index contributed by atoms with van der Waals surface area (Å²) >= 11 is 0. The lowest BCUT2D eigenvalue weighted by Crippen LogP contribution is -2.40. The molecule has 0 amide bonds. The summed E-state index contributed by atoms with van der Waals surface area (Å²) in [6.45, 7) is 6.46. The fourth-order valence-corrected chi connectivity index (χ4v) is 4.39. The molecule has 2 aromatic heterocycles. The highest BCUT2D eigenvalue weighted by atomic mass is 16.5. The number of pyridine rings is 1. The van der Waals surface area contributed by atoms with Crippen LogP contribution in [0.1, 0.15) is 28.8 Å². The number of hydrogen-bond donors (Lipinski definition) is 0. The van der Waals surface area contributed by atoms with Gasteiger partial charge in [0, 0.05) is 42.8 Å². The van der Waals surface area contributed by atoms with Crippen molar-refractivity contribution in [3.8, 4) is 11.4 Å². The predicted octanol–water partition coefficient (Wildman–Crippen LogP) is 3.52. The second-order valence-corrected chi connectivity index (χ2v) is 8.03. The van der Waals surface area contributed by atoms with Crippen LogP contribution in [0.3, 0.4) is 0 Å². The number of ether oxygens (including phenoxy) is 1. The van der Waals surface area contributed by atoms with Crippen LogP contribution in [-0.2, 0) is 23.3 Å². The van der Waals surface area contributed by atoms with Gasteiger partial charge in [0.1, 0.15) is 0 Å². The van der Waals surface area contributed by atoms with Crippen LogP contribution in [0.2, 0.25) is 0 Å². The average molecular weight is 372 g/mol. The van der Waals surface area contributed by atoms with Gasteiger partial charge < -0.3 is 4.74 Å². The molecule has 1 atom stereocenters. The molecule has 1 spiro atoms. The fourth-order valence-electron chi connectivity index (χ4n) is 4.39. The van der Waals surface area contributed by atoms with Crippen LogP contribution in [0.15, 0.2) is 55.0 Å². The molecule has 142 valence electrons. The van der Waals surface area contributed by atoms with E-state index in [4.69, 9.17) is 9.72 Å². The van der Waals surface area contributed by atoms with E-state index in [9.17, 15) is 0 Å². The Morgan fingerprint density at radius 2 is 2.04 bits per heavy atom. The van der Waals surface area contributed by atoms with Crippen molar-refractivity contribution in [2.75, 3.05) is 19.7 Å². The van der Waals surface area contributed by atoms with Gasteiger partial charge in [-0.15, -0.1) is 0 Å². The predicted molar refractivity (Wildman–Crippen MR) is 108 cm³/mol. The summed E-state index contributed by atoms with van der Waals surface area (Å²) in [4.78, 5) is 16.3. The molecule has 3 aromatic rings. The number of likely N-dealkylation sites (tertiary alicyclic amines) is 1. The smallest absolute Gasteiger partial charge is 0.160 e. The van der Waals surface area contributed by atoms with E-state index in [1.54, 1.807) is 6.20 Å². The minimum atomic E-state index is -0.0435. The van der Waals surface area contributed by atoms with E-state index >= 15 is 0 Å². The molecule has 0 saturated carbocycles. The first-order chi connectivity index (χ1) is 13.7. The minimum absolute atomic E-state index is 0.0435. The van der Waals surface area contributed by atoms with E-state index in [2.05, 4.69) is 46.1 Å². The number of aromatic nitrogens is 3. The molecule has 2 aliphatic rings. The Labute approximate surface area is 165 Å². The Kier molecular flexibility index (Phi) is 4.41. The van der Waals surface area contributed by atoms with Crippen molar-refractivity contribution in [2.24, 2.45) is 0 Å². The second kappa shape index (κ2) is 7.08. The normalized spacial score (nSPS) is 21.8. The summed E-state index contributed by atoms with van der Waals surface area (Å²) in [6, 6.07) is 12.8. The van der Waals surface area contributed by atoms with E-state index in [0.717, 1.165) is 49.6 Å². The third kappa shape index (κ3) is 3.21. The number of rotatable bonds is 3. The van der Waals surface area contributed by atoms with E-state index in [-0.39, 0.29) is 5.41 Å². The minimum Gasteiger partial charge on any atom is -0.376 e. The molecule has 0 N–H and O–H groups in total. The van der Waals surface area contributed by atoms with E-state index < -0.39 is 0 Å². The molecule has 0 aliphatic carbocycles. The van der Waals surface area contributed by atoms with Crippen LogP contribution in [0.25, 0.3) is 11.4 Å². The first-order valence-electron chi connectivity index (χ1n) is 9.84. The Morgan fingerprint density at radius 3 is 2.86 bits per heavy atom. The fraction of sp³-hybridized carbons (Fsp3) is 0.348. The Balaban J connectivity index is 1.43. The zero-order chi connectivity index (χ0) is 19.0. The van der Waals surface area contributed by atoms with Crippen molar-refractivity contribution in [1.82, 2.24) is 19.9 Å². The average Bonchev–Trinajstić information content (AvgIpc) is 3.13. The summed E-state index contributed by atoms with van der Waals surface area (Å²) in [5.74, 6) is 0.755. The largest absolute Gasteiger partial charge is 0.376 e. The maximum atomic E-state index is 5.97. The van der Waals surface area contributed by atoms with Gasteiger partial charge in [0.25, 0.3) is 0 Å². The summed E-state index contributed by atoms with van der Waals surface area (Å²) in [7, 11) is 0. The molecule has 1 fully saturated rings. The zero-order valence-electron chi connectivity index (χ0n) is 16.1. The number of benzene rings is 1. The molecule has 1 saturated heterocycles. The third-order valence-electron chi connectivity index (χ3n) is 5.88. The topological polar surface area (TPSA) is 51.1 Å². The van der Waals surface area contributed by atoms with E-state index in [1.807, 2.05) is 24.5 Å². The Bertz CT molecular complexity index is 974. The molecule has 1 aromatic carbocycles. The van der Waals surface area contributed by atoms with Gasteiger partial charge in [0.05, 0.1) is 24.3 Å². The van der Waals surface area contributed by atoms with Gasteiger partial charge in [0.2, 0.25) is 0 Å². The van der Waals surface area contributed by atoms with Crippen LogP contribution < -0.4 is 0 Å². The van der Waals surface area contributed by atoms with Crippen molar-refractivity contribution in [3.05, 3.63) is 77.4 Å². The van der Waals surface area contributed by atoms with Crippen LogP contribution in [0.5, 0.6) is 0 Å². The summed E-state index contributed by atoms with van der Waals surface area (Å²) in [5, 5.41) is 0. The van der Waals surface area contributed by atoms with Gasteiger partial charge in [-0.05, 0) is 37.6 Å². The number of fused-ring (bicyclic) bond motifs is 2. The standard InChI is InChI=1S/C23H24N4O/c1-17-4-6-18(7-5-17)13-27-10-8-23(15-27)16-28-14-20-12-25-22(26-21(20)23)19-3-2-9-24-11-19/h2-7,9,11-12H,8,10,13-16H2,1H3/t23-/m0/s1. The Hall–Kier alpha value is -2.63. The van der Waals surface area contributed by atoms with E-state index in [1.165, 1.54) is 16.8 Å². The monoisotopic (exact) mass is 372 g/mol. The molecule has 5 nitrogen and oxygen atoms in total. The summed E-state index contributed by atoms with van der Waals surface area (Å²) < 4.78 is 5.97. The summed E-state index contributed by atoms with van der Waals surface area (Å²) in [5.41, 5.74) is 5.86. The first-order valence-corrected chi connectivity index (χ1v) is 9.84. The van der Waals surface area contributed by atoms with Crippen molar-refractivity contribution < 1.29 is 4.74 Å². The van der Waals surface area contributed by atoms with Gasteiger partial charge in [-0.3, -0.25) is 9.88 Å². The lowest BCUT2D eigenvalue weighted by Gasteiger charge is -2.34. The highest BCUT2D eigenvalue weighted by Gasteiger charge is 2.44. The van der Waals surface area contributed by atoms with Gasteiger partial charge in [-0.2, -0.15) is 0 Å². The molecule has 2 aliphatic heterocycles. The molecular formula is C23H24N4O. The first kappa shape index (κ1) is 17.5. The van der Waals surface area contributed by atoms with Crippen LogP contribution >= 0.6 is 0 Å². The van der Waals surface area contributed by atoms with Gasteiger partial charge in [0.15, 0.2) is 5.82 Å². The highest BCUT2D eigenvalue weighted by Crippen LogP contribution is 2.40. The van der Waals surface area contributed by atoms with Gasteiger partial charge in [-0.1, -0.05) is 29.8 Å². The molecule has 4 heterocycles. The number of hydrogen-bond acceptors (Lipinski definition) is 5. The van der Waals surface area contributed by atoms with Crippen molar-refractivity contribution in [3.63, 3.8) is 0 Å². The second-order valence-electron chi connectivity index (χ2n) is 8.03. The molecular weight excluding hydrogens is 348 g/mol. The van der Waals surface area contributed by atoms with Crippen molar-refractivity contribution in [2.45, 2.75) is 31.9 Å². The van der Waals surface area contributed by atoms with Crippen LogP contribution in [0, 0.1) is 6.92 Å². The SMILES string of the molecule is Cc1ccc(CN2CC[C@@]3(COCc4cnc(-c5cccnc5)nc43)C2)cc1. The number of nitrogens with zero attached hydrogens (tertiary/aromatic N) is 4. The lowest BCUT2D eigenvalue weighted by atomic mass is 9.80. The molecule has 5 heteroatoms. The van der Waals surface area contributed by atoms with Gasteiger partial charge in [-0.25, -0.2) is 9.97 Å².